The summed E-state index contributed by atoms with van der Waals surface area (Å²) in [4.78, 5) is 30.9. The Labute approximate surface area is 166 Å². The third-order valence-corrected chi connectivity index (χ3v) is 5.35. The summed E-state index contributed by atoms with van der Waals surface area (Å²) in [6.07, 6.45) is 3.59. The molecule has 2 N–H and O–H groups in total. The van der Waals surface area contributed by atoms with Crippen LogP contribution in [-0.4, -0.2) is 36.4 Å². The van der Waals surface area contributed by atoms with Crippen molar-refractivity contribution in [3.63, 3.8) is 0 Å². The quantitative estimate of drug-likeness (QED) is 0.775. The molecule has 6 heteroatoms. The predicted octanol–water partition coefficient (Wildman–Crippen LogP) is 2.93. The molecule has 1 aromatic carbocycles. The standard InChI is InChI=1S/C22H28N4O2/c1-3-16(4-2)21(17-8-6-5-7-9-17)25-22(28)19-14-18(10-11-23-19)26-13-12-24-20(27)15-26/h5-11,14,16,21H,3-4,12-13,15H2,1-2H3,(H,24,27)(H,25,28). The molecule has 1 unspecified atom stereocenters. The minimum absolute atomic E-state index is 0.00746. The molecule has 2 aromatic rings. The fraction of sp³-hybridized carbons (Fsp3) is 0.409. The Kier molecular flexibility index (Phi) is 6.63. The topological polar surface area (TPSA) is 74.3 Å². The van der Waals surface area contributed by atoms with Crippen LogP contribution in [-0.2, 0) is 4.79 Å². The molecule has 28 heavy (non-hydrogen) atoms. The Morgan fingerprint density at radius 2 is 1.96 bits per heavy atom. The van der Waals surface area contributed by atoms with E-state index >= 15 is 0 Å². The first kappa shape index (κ1) is 19.9. The van der Waals surface area contributed by atoms with Crippen molar-refractivity contribution in [2.45, 2.75) is 32.7 Å². The molecular weight excluding hydrogens is 352 g/mol. The summed E-state index contributed by atoms with van der Waals surface area (Å²) in [6, 6.07) is 13.6. The van der Waals surface area contributed by atoms with E-state index in [9.17, 15) is 9.59 Å². The van der Waals surface area contributed by atoms with Gasteiger partial charge >= 0.3 is 0 Å². The Balaban J connectivity index is 1.80. The van der Waals surface area contributed by atoms with Crippen LogP contribution in [0.25, 0.3) is 0 Å². The molecule has 0 bridgehead atoms. The summed E-state index contributed by atoms with van der Waals surface area (Å²) < 4.78 is 0. The first-order valence-corrected chi connectivity index (χ1v) is 9.95. The van der Waals surface area contributed by atoms with E-state index in [1.807, 2.05) is 29.2 Å². The fourth-order valence-electron chi connectivity index (χ4n) is 3.71. The first-order chi connectivity index (χ1) is 13.6. The average Bonchev–Trinajstić information content (AvgIpc) is 2.74. The van der Waals surface area contributed by atoms with Gasteiger partial charge in [0.05, 0.1) is 12.6 Å². The van der Waals surface area contributed by atoms with Gasteiger partial charge in [0.25, 0.3) is 5.91 Å². The summed E-state index contributed by atoms with van der Waals surface area (Å²) in [5, 5.41) is 6.00. The second kappa shape index (κ2) is 9.35. The van der Waals surface area contributed by atoms with Gasteiger partial charge in [-0.1, -0.05) is 57.0 Å². The number of rotatable bonds is 7. The highest BCUT2D eigenvalue weighted by Gasteiger charge is 2.24. The molecule has 0 saturated carbocycles. The fourth-order valence-corrected chi connectivity index (χ4v) is 3.71. The Hall–Kier alpha value is -2.89. The van der Waals surface area contributed by atoms with E-state index in [4.69, 9.17) is 0 Å². The molecule has 0 spiro atoms. The Bertz CT molecular complexity index is 805. The van der Waals surface area contributed by atoms with Crippen molar-refractivity contribution in [1.82, 2.24) is 15.6 Å². The Morgan fingerprint density at radius 1 is 1.21 bits per heavy atom. The van der Waals surface area contributed by atoms with Crippen LogP contribution in [0.1, 0.15) is 48.8 Å². The number of nitrogens with one attached hydrogen (secondary N) is 2. The minimum atomic E-state index is -0.191. The Morgan fingerprint density at radius 3 is 2.64 bits per heavy atom. The van der Waals surface area contributed by atoms with E-state index in [1.54, 1.807) is 12.3 Å². The van der Waals surface area contributed by atoms with Gasteiger partial charge in [-0.15, -0.1) is 0 Å². The number of piperazine rings is 1. The third-order valence-electron chi connectivity index (χ3n) is 5.35. The minimum Gasteiger partial charge on any atom is -0.360 e. The highest BCUT2D eigenvalue weighted by atomic mass is 16.2. The molecular formula is C22H28N4O2. The van der Waals surface area contributed by atoms with Gasteiger partial charge in [-0.2, -0.15) is 0 Å². The second-order valence-corrected chi connectivity index (χ2v) is 7.11. The highest BCUT2D eigenvalue weighted by Crippen LogP contribution is 2.28. The maximum atomic E-state index is 13.0. The zero-order valence-electron chi connectivity index (χ0n) is 16.5. The molecule has 6 nitrogen and oxygen atoms in total. The van der Waals surface area contributed by atoms with Crippen molar-refractivity contribution in [2.24, 2.45) is 5.92 Å². The van der Waals surface area contributed by atoms with Crippen molar-refractivity contribution >= 4 is 17.5 Å². The molecule has 0 radical (unpaired) electrons. The number of carbonyl (C=O) groups excluding carboxylic acids is 2. The molecule has 1 aromatic heterocycles. The van der Waals surface area contributed by atoms with Crippen LogP contribution in [0.2, 0.25) is 0 Å². The number of pyridine rings is 1. The molecule has 3 rings (SSSR count). The lowest BCUT2D eigenvalue weighted by atomic mass is 9.88. The lowest BCUT2D eigenvalue weighted by Gasteiger charge is -2.29. The smallest absolute Gasteiger partial charge is 0.270 e. The maximum Gasteiger partial charge on any atom is 0.270 e. The van der Waals surface area contributed by atoms with Gasteiger partial charge in [-0.25, -0.2) is 0 Å². The third kappa shape index (κ3) is 4.68. The normalized spacial score (nSPS) is 15.2. The van der Waals surface area contributed by atoms with Crippen molar-refractivity contribution in [1.29, 1.82) is 0 Å². The number of benzene rings is 1. The first-order valence-electron chi connectivity index (χ1n) is 9.95. The molecule has 2 heterocycles. The summed E-state index contributed by atoms with van der Waals surface area (Å²) in [5.74, 6) is 0.149. The maximum absolute atomic E-state index is 13.0. The molecule has 2 amide bonds. The number of nitrogens with zero attached hydrogens (tertiary/aromatic N) is 2. The number of anilines is 1. The predicted molar refractivity (Wildman–Crippen MR) is 110 cm³/mol. The summed E-state index contributed by atoms with van der Waals surface area (Å²) in [7, 11) is 0. The second-order valence-electron chi connectivity index (χ2n) is 7.11. The van der Waals surface area contributed by atoms with Gasteiger partial charge in [0.1, 0.15) is 5.69 Å². The van der Waals surface area contributed by atoms with E-state index in [2.05, 4.69) is 41.6 Å². The van der Waals surface area contributed by atoms with Crippen LogP contribution >= 0.6 is 0 Å². The van der Waals surface area contributed by atoms with Crippen molar-refractivity contribution < 1.29 is 9.59 Å². The van der Waals surface area contributed by atoms with Gasteiger partial charge in [0.2, 0.25) is 5.91 Å². The van der Waals surface area contributed by atoms with Gasteiger partial charge in [-0.3, -0.25) is 14.6 Å². The summed E-state index contributed by atoms with van der Waals surface area (Å²) in [6.45, 7) is 5.92. The number of amides is 2. The summed E-state index contributed by atoms with van der Waals surface area (Å²) in [5.41, 5.74) is 2.32. The number of hydrogen-bond acceptors (Lipinski definition) is 4. The van der Waals surface area contributed by atoms with E-state index in [-0.39, 0.29) is 17.9 Å². The number of aromatic nitrogens is 1. The monoisotopic (exact) mass is 380 g/mol. The van der Waals surface area contributed by atoms with Crippen molar-refractivity contribution in [2.75, 3.05) is 24.5 Å². The van der Waals surface area contributed by atoms with E-state index in [0.29, 0.717) is 24.7 Å². The molecule has 0 aliphatic carbocycles. The van der Waals surface area contributed by atoms with Gasteiger partial charge in [-0.05, 0) is 23.6 Å². The molecule has 1 atom stereocenters. The molecule has 1 fully saturated rings. The lowest BCUT2D eigenvalue weighted by Crippen LogP contribution is -2.47. The molecule has 1 aliphatic heterocycles. The number of carbonyl (C=O) groups is 2. The van der Waals surface area contributed by atoms with Crippen LogP contribution in [0.3, 0.4) is 0 Å². The van der Waals surface area contributed by atoms with Crippen molar-refractivity contribution in [3.8, 4) is 0 Å². The molecule has 1 aliphatic rings. The summed E-state index contributed by atoms with van der Waals surface area (Å²) >= 11 is 0. The largest absolute Gasteiger partial charge is 0.360 e. The van der Waals surface area contributed by atoms with E-state index in [1.165, 1.54) is 0 Å². The molecule has 148 valence electrons. The van der Waals surface area contributed by atoms with Crippen LogP contribution in [0.15, 0.2) is 48.7 Å². The zero-order chi connectivity index (χ0) is 19.9. The van der Waals surface area contributed by atoms with E-state index < -0.39 is 0 Å². The van der Waals surface area contributed by atoms with Crippen LogP contribution in [0.5, 0.6) is 0 Å². The van der Waals surface area contributed by atoms with Crippen molar-refractivity contribution in [3.05, 3.63) is 59.9 Å². The van der Waals surface area contributed by atoms with Gasteiger partial charge in [0, 0.05) is 25.0 Å². The van der Waals surface area contributed by atoms with Crippen LogP contribution in [0, 0.1) is 5.92 Å². The molecule has 1 saturated heterocycles. The zero-order valence-corrected chi connectivity index (χ0v) is 16.5. The lowest BCUT2D eigenvalue weighted by molar-refractivity contribution is -0.120. The SMILES string of the molecule is CCC(CC)C(NC(=O)c1cc(N2CCNC(=O)C2)ccn1)c1ccccc1. The van der Waals surface area contributed by atoms with E-state index in [0.717, 1.165) is 30.6 Å². The van der Waals surface area contributed by atoms with Gasteiger partial charge in [0.15, 0.2) is 0 Å². The van der Waals surface area contributed by atoms with Crippen LogP contribution in [0.4, 0.5) is 5.69 Å². The highest BCUT2D eigenvalue weighted by molar-refractivity contribution is 5.93. The van der Waals surface area contributed by atoms with Crippen LogP contribution < -0.4 is 15.5 Å². The average molecular weight is 380 g/mol. The van der Waals surface area contributed by atoms with Gasteiger partial charge < -0.3 is 15.5 Å². The number of hydrogen-bond donors (Lipinski definition) is 2.